The smallest absolute Gasteiger partial charge is 0.321 e. The van der Waals surface area contributed by atoms with E-state index in [-0.39, 0.29) is 5.56 Å². The number of thioether (sulfide) groups is 1. The zero-order chi connectivity index (χ0) is 14.5. The van der Waals surface area contributed by atoms with E-state index in [1.54, 1.807) is 0 Å². The van der Waals surface area contributed by atoms with Crippen LogP contribution in [0.4, 0.5) is 0 Å². The standard InChI is InChI=1S/C13H19N3O3S/c1-2-3-9-6-11(17)16-13(15-9)20-7-10(12(18)19)14-8-4-5-8/h6,8,10,14H,2-5,7H2,1H3,(H,18,19)(H,15,16,17). The molecule has 20 heavy (non-hydrogen) atoms. The number of carboxylic acid groups (broad SMARTS) is 1. The maximum Gasteiger partial charge on any atom is 0.321 e. The maximum atomic E-state index is 11.5. The number of nitrogens with one attached hydrogen (secondary N) is 2. The monoisotopic (exact) mass is 297 g/mol. The molecule has 1 aliphatic carbocycles. The van der Waals surface area contributed by atoms with Crippen LogP contribution in [0.5, 0.6) is 0 Å². The molecule has 1 atom stereocenters. The Hall–Kier alpha value is -1.34. The molecule has 0 aliphatic heterocycles. The van der Waals surface area contributed by atoms with Crippen LogP contribution in [0.1, 0.15) is 31.9 Å². The molecule has 1 heterocycles. The van der Waals surface area contributed by atoms with Gasteiger partial charge in [0.05, 0.1) is 0 Å². The molecule has 1 fully saturated rings. The van der Waals surface area contributed by atoms with E-state index in [0.717, 1.165) is 31.4 Å². The van der Waals surface area contributed by atoms with Crippen LogP contribution in [-0.2, 0) is 11.2 Å². The highest BCUT2D eigenvalue weighted by Crippen LogP contribution is 2.21. The van der Waals surface area contributed by atoms with E-state index in [2.05, 4.69) is 15.3 Å². The molecule has 1 unspecified atom stereocenters. The van der Waals surface area contributed by atoms with Crippen molar-refractivity contribution in [3.63, 3.8) is 0 Å². The molecule has 3 N–H and O–H groups in total. The predicted octanol–water partition coefficient (Wildman–Crippen LogP) is 1.02. The molecule has 1 saturated carbocycles. The SMILES string of the molecule is CCCc1cc(=O)[nH]c(SCC(NC2CC2)C(=O)O)n1. The third-order valence-electron chi connectivity index (χ3n) is 2.98. The van der Waals surface area contributed by atoms with Gasteiger partial charge in [0.25, 0.3) is 5.56 Å². The highest BCUT2D eigenvalue weighted by molar-refractivity contribution is 7.99. The lowest BCUT2D eigenvalue weighted by molar-refractivity contribution is -0.138. The number of carboxylic acids is 1. The molecule has 1 aliphatic rings. The van der Waals surface area contributed by atoms with Gasteiger partial charge in [-0.25, -0.2) is 4.98 Å². The first-order valence-electron chi connectivity index (χ1n) is 6.80. The van der Waals surface area contributed by atoms with E-state index in [9.17, 15) is 9.59 Å². The Labute approximate surface area is 121 Å². The van der Waals surface area contributed by atoms with Gasteiger partial charge in [-0.3, -0.25) is 9.59 Å². The summed E-state index contributed by atoms with van der Waals surface area (Å²) < 4.78 is 0. The fourth-order valence-corrected chi connectivity index (χ4v) is 2.74. The summed E-state index contributed by atoms with van der Waals surface area (Å²) in [6, 6.07) is 1.22. The van der Waals surface area contributed by atoms with Crippen molar-refractivity contribution in [1.29, 1.82) is 0 Å². The number of aliphatic carboxylic acids is 1. The van der Waals surface area contributed by atoms with Crippen LogP contribution >= 0.6 is 11.8 Å². The largest absolute Gasteiger partial charge is 0.480 e. The number of aromatic nitrogens is 2. The second kappa shape index (κ2) is 6.90. The summed E-state index contributed by atoms with van der Waals surface area (Å²) in [4.78, 5) is 29.6. The third-order valence-corrected chi connectivity index (χ3v) is 3.94. The van der Waals surface area contributed by atoms with Gasteiger partial charge < -0.3 is 15.4 Å². The molecule has 1 aromatic heterocycles. The minimum atomic E-state index is -0.864. The fraction of sp³-hybridized carbons (Fsp3) is 0.615. The highest BCUT2D eigenvalue weighted by atomic mass is 32.2. The molecule has 0 radical (unpaired) electrons. The summed E-state index contributed by atoms with van der Waals surface area (Å²) in [7, 11) is 0. The first-order valence-corrected chi connectivity index (χ1v) is 7.79. The van der Waals surface area contributed by atoms with E-state index in [1.165, 1.54) is 17.8 Å². The first-order chi connectivity index (χ1) is 9.58. The molecule has 0 amide bonds. The predicted molar refractivity (Wildman–Crippen MR) is 77.2 cm³/mol. The van der Waals surface area contributed by atoms with Gasteiger partial charge in [-0.2, -0.15) is 0 Å². The van der Waals surface area contributed by atoms with Crippen molar-refractivity contribution in [3.8, 4) is 0 Å². The van der Waals surface area contributed by atoms with Crippen LogP contribution in [-0.4, -0.2) is 38.9 Å². The molecule has 2 rings (SSSR count). The Kier molecular flexibility index (Phi) is 5.19. The van der Waals surface area contributed by atoms with Crippen LogP contribution in [0.25, 0.3) is 0 Å². The summed E-state index contributed by atoms with van der Waals surface area (Å²) in [5.41, 5.74) is 0.564. The van der Waals surface area contributed by atoms with Crippen molar-refractivity contribution < 1.29 is 9.90 Å². The van der Waals surface area contributed by atoms with Gasteiger partial charge in [-0.1, -0.05) is 25.1 Å². The molecule has 1 aromatic rings. The average Bonchev–Trinajstić information content (AvgIpc) is 3.17. The Morgan fingerprint density at radius 3 is 3.00 bits per heavy atom. The number of hydrogen-bond acceptors (Lipinski definition) is 5. The second-order valence-electron chi connectivity index (χ2n) is 4.93. The van der Waals surface area contributed by atoms with E-state index in [0.29, 0.717) is 17.0 Å². The molecule has 0 aromatic carbocycles. The third kappa shape index (κ3) is 4.64. The maximum absolute atomic E-state index is 11.5. The van der Waals surface area contributed by atoms with Gasteiger partial charge in [0.1, 0.15) is 6.04 Å². The van der Waals surface area contributed by atoms with Gasteiger partial charge in [-0.05, 0) is 19.3 Å². The normalized spacial score (nSPS) is 16.1. The van der Waals surface area contributed by atoms with Crippen LogP contribution in [0, 0.1) is 0 Å². The van der Waals surface area contributed by atoms with E-state index in [4.69, 9.17) is 5.11 Å². The van der Waals surface area contributed by atoms with E-state index >= 15 is 0 Å². The van der Waals surface area contributed by atoms with Crippen molar-refractivity contribution in [3.05, 3.63) is 22.1 Å². The molecule has 6 nitrogen and oxygen atoms in total. The number of aryl methyl sites for hydroxylation is 1. The topological polar surface area (TPSA) is 95.1 Å². The highest BCUT2D eigenvalue weighted by Gasteiger charge is 2.28. The first kappa shape index (κ1) is 15.1. The molecule has 110 valence electrons. The summed E-state index contributed by atoms with van der Waals surface area (Å²) in [6.45, 7) is 2.02. The van der Waals surface area contributed by atoms with Gasteiger partial charge in [0.15, 0.2) is 5.16 Å². The Bertz CT molecular complexity index is 528. The molecule has 0 bridgehead atoms. The molecule has 0 saturated heterocycles. The van der Waals surface area contributed by atoms with Gasteiger partial charge in [-0.15, -0.1) is 0 Å². The number of hydrogen-bond donors (Lipinski definition) is 3. The number of carbonyl (C=O) groups is 1. The van der Waals surface area contributed by atoms with E-state index < -0.39 is 12.0 Å². The summed E-state index contributed by atoms with van der Waals surface area (Å²) >= 11 is 1.27. The quantitative estimate of drug-likeness (QED) is 0.490. The Morgan fingerprint density at radius 2 is 2.40 bits per heavy atom. The number of nitrogens with zero attached hydrogens (tertiary/aromatic N) is 1. The Balaban J connectivity index is 1.97. The molecular weight excluding hydrogens is 278 g/mol. The van der Waals surface area contributed by atoms with Crippen LogP contribution < -0.4 is 10.9 Å². The van der Waals surface area contributed by atoms with Crippen molar-refractivity contribution in [2.75, 3.05) is 5.75 Å². The van der Waals surface area contributed by atoms with E-state index in [1.807, 2.05) is 6.92 Å². The molecular formula is C13H19N3O3S. The molecule has 7 heteroatoms. The van der Waals surface area contributed by atoms with Crippen molar-refractivity contribution >= 4 is 17.7 Å². The summed E-state index contributed by atoms with van der Waals surface area (Å²) in [6.07, 6.45) is 3.74. The zero-order valence-electron chi connectivity index (χ0n) is 11.4. The minimum Gasteiger partial charge on any atom is -0.480 e. The average molecular weight is 297 g/mol. The number of aromatic amines is 1. The van der Waals surface area contributed by atoms with Crippen molar-refractivity contribution in [2.24, 2.45) is 0 Å². The van der Waals surface area contributed by atoms with Crippen LogP contribution in [0.15, 0.2) is 16.0 Å². The summed E-state index contributed by atoms with van der Waals surface area (Å²) in [5, 5.41) is 12.7. The van der Waals surface area contributed by atoms with Gasteiger partial charge in [0, 0.05) is 23.6 Å². The fourth-order valence-electron chi connectivity index (χ4n) is 1.82. The lowest BCUT2D eigenvalue weighted by atomic mass is 10.2. The minimum absolute atomic E-state index is 0.187. The lowest BCUT2D eigenvalue weighted by Crippen LogP contribution is -2.40. The van der Waals surface area contributed by atoms with Crippen molar-refractivity contribution in [2.45, 2.75) is 49.8 Å². The second-order valence-corrected chi connectivity index (χ2v) is 5.94. The molecule has 0 spiro atoms. The van der Waals surface area contributed by atoms with Crippen molar-refractivity contribution in [1.82, 2.24) is 15.3 Å². The number of H-pyrrole nitrogens is 1. The summed E-state index contributed by atoms with van der Waals surface area (Å²) in [5.74, 6) is -0.513. The zero-order valence-corrected chi connectivity index (χ0v) is 12.2. The Morgan fingerprint density at radius 1 is 1.65 bits per heavy atom. The number of rotatable bonds is 8. The lowest BCUT2D eigenvalue weighted by Gasteiger charge is -2.13. The van der Waals surface area contributed by atoms with Crippen LogP contribution in [0.2, 0.25) is 0 Å². The van der Waals surface area contributed by atoms with Crippen LogP contribution in [0.3, 0.4) is 0 Å². The van der Waals surface area contributed by atoms with Gasteiger partial charge in [0.2, 0.25) is 0 Å². The van der Waals surface area contributed by atoms with Gasteiger partial charge >= 0.3 is 5.97 Å².